The van der Waals surface area contributed by atoms with Crippen LogP contribution in [-0.4, -0.2) is 28.0 Å². The first kappa shape index (κ1) is 21.0. The second-order valence-corrected chi connectivity index (χ2v) is 8.47. The summed E-state index contributed by atoms with van der Waals surface area (Å²) >= 11 is 6.94. The lowest BCUT2D eigenvalue weighted by Gasteiger charge is -2.11. The number of nitrogens with one attached hydrogen (secondary N) is 2. The number of ether oxygens (including phenoxy) is 1. The molecule has 0 spiro atoms. The highest BCUT2D eigenvalue weighted by Gasteiger charge is 2.18. The molecule has 3 aromatic rings. The molecular weight excluding hydrogens is 404 g/mol. The maximum Gasteiger partial charge on any atom is 0.340 e. The fraction of sp³-hybridized carbons (Fsp3) is 0.286. The number of carbonyl (C=O) groups excluding carboxylic acids is 1. The van der Waals surface area contributed by atoms with E-state index >= 15 is 0 Å². The van der Waals surface area contributed by atoms with Crippen molar-refractivity contribution in [3.05, 3.63) is 63.3 Å². The number of esters is 1. The average molecular weight is 429 g/mol. The summed E-state index contributed by atoms with van der Waals surface area (Å²) in [5, 5.41) is 12.1. The number of hydrogen-bond acceptors (Lipinski definition) is 5. The number of carbonyl (C=O) groups is 1. The van der Waals surface area contributed by atoms with E-state index in [1.54, 1.807) is 6.07 Å². The molecule has 8 heteroatoms. The van der Waals surface area contributed by atoms with Crippen molar-refractivity contribution in [2.75, 3.05) is 17.7 Å². The Balaban J connectivity index is 1.77. The van der Waals surface area contributed by atoms with Crippen LogP contribution in [0.25, 0.3) is 0 Å². The third-order valence-corrected chi connectivity index (χ3v) is 5.86. The number of hydrogen-bond donors (Lipinski definition) is 2. The van der Waals surface area contributed by atoms with Gasteiger partial charge in [0.05, 0.1) is 36.3 Å². The predicted molar refractivity (Wildman–Crippen MR) is 122 cm³/mol. The molecule has 0 atom stereocenters. The molecule has 3 rings (SSSR count). The van der Waals surface area contributed by atoms with Gasteiger partial charge in [-0.3, -0.25) is 4.68 Å². The number of thiophene rings is 1. The van der Waals surface area contributed by atoms with Crippen LogP contribution in [0.15, 0.2) is 30.3 Å². The van der Waals surface area contributed by atoms with Crippen LogP contribution in [0, 0.1) is 27.7 Å². The van der Waals surface area contributed by atoms with E-state index in [1.165, 1.54) is 29.6 Å². The van der Waals surface area contributed by atoms with E-state index in [9.17, 15) is 4.79 Å². The highest BCUT2D eigenvalue weighted by molar-refractivity contribution is 7.80. The Hall–Kier alpha value is -2.71. The van der Waals surface area contributed by atoms with Crippen molar-refractivity contribution in [1.29, 1.82) is 0 Å². The minimum Gasteiger partial charge on any atom is -0.465 e. The molecular formula is C21H24N4O2S2. The highest BCUT2D eigenvalue weighted by Crippen LogP contribution is 2.29. The summed E-state index contributed by atoms with van der Waals surface area (Å²) in [5.74, 6) is -0.391. The molecule has 152 valence electrons. The van der Waals surface area contributed by atoms with E-state index in [2.05, 4.69) is 34.8 Å². The molecule has 0 aliphatic rings. The van der Waals surface area contributed by atoms with Gasteiger partial charge in [-0.05, 0) is 57.1 Å². The molecule has 2 aromatic heterocycles. The predicted octanol–water partition coefficient (Wildman–Crippen LogP) is 4.82. The molecule has 6 nitrogen and oxygen atoms in total. The van der Waals surface area contributed by atoms with Crippen molar-refractivity contribution in [2.45, 2.75) is 34.2 Å². The van der Waals surface area contributed by atoms with Crippen LogP contribution in [-0.2, 0) is 11.3 Å². The smallest absolute Gasteiger partial charge is 0.340 e. The highest BCUT2D eigenvalue weighted by atomic mass is 32.1. The van der Waals surface area contributed by atoms with Gasteiger partial charge in [-0.25, -0.2) is 4.79 Å². The molecule has 0 amide bonds. The molecule has 29 heavy (non-hydrogen) atoms. The van der Waals surface area contributed by atoms with Crippen molar-refractivity contribution in [3.8, 4) is 0 Å². The lowest BCUT2D eigenvalue weighted by molar-refractivity contribution is 0.0602. The van der Waals surface area contributed by atoms with Crippen molar-refractivity contribution >= 4 is 45.3 Å². The Labute approximate surface area is 179 Å². The number of aromatic nitrogens is 2. The lowest BCUT2D eigenvalue weighted by atomic mass is 10.1. The SMILES string of the molecule is COC(=O)c1cc(C)sc1NC(=S)Nc1c(C)nn(Cc2ccccc2C)c1C. The van der Waals surface area contributed by atoms with Crippen LogP contribution in [0.3, 0.4) is 0 Å². The molecule has 0 aliphatic heterocycles. The van der Waals surface area contributed by atoms with Gasteiger partial charge in [0.1, 0.15) is 5.00 Å². The topological polar surface area (TPSA) is 68.2 Å². The van der Waals surface area contributed by atoms with E-state index in [0.29, 0.717) is 22.2 Å². The normalized spacial score (nSPS) is 10.7. The van der Waals surface area contributed by atoms with Gasteiger partial charge in [-0.15, -0.1) is 11.3 Å². The summed E-state index contributed by atoms with van der Waals surface area (Å²) in [6.07, 6.45) is 0. The number of anilines is 2. The monoisotopic (exact) mass is 428 g/mol. The summed E-state index contributed by atoms with van der Waals surface area (Å²) in [6.45, 7) is 8.68. The number of aryl methyl sites for hydroxylation is 3. The number of methoxy groups -OCH3 is 1. The fourth-order valence-corrected chi connectivity index (χ4v) is 4.27. The lowest BCUT2D eigenvalue weighted by Crippen LogP contribution is -2.20. The first-order valence-corrected chi connectivity index (χ1v) is 10.4. The Morgan fingerprint density at radius 3 is 2.62 bits per heavy atom. The van der Waals surface area contributed by atoms with E-state index in [4.69, 9.17) is 17.0 Å². The Morgan fingerprint density at radius 2 is 1.93 bits per heavy atom. The van der Waals surface area contributed by atoms with Gasteiger partial charge in [-0.2, -0.15) is 5.10 Å². The minimum absolute atomic E-state index is 0.391. The molecule has 1 aromatic carbocycles. The molecule has 0 saturated heterocycles. The molecule has 0 aliphatic carbocycles. The van der Waals surface area contributed by atoms with Crippen molar-refractivity contribution in [2.24, 2.45) is 0 Å². The van der Waals surface area contributed by atoms with E-state index in [0.717, 1.165) is 22.0 Å². The van der Waals surface area contributed by atoms with E-state index in [-0.39, 0.29) is 0 Å². The third-order valence-electron chi connectivity index (χ3n) is 4.69. The Kier molecular flexibility index (Phi) is 6.34. The van der Waals surface area contributed by atoms with Crippen molar-refractivity contribution < 1.29 is 9.53 Å². The average Bonchev–Trinajstić information content (AvgIpc) is 3.17. The molecule has 0 fully saturated rings. The standard InChI is InChI=1S/C21H24N4O2S2/c1-12-8-6-7-9-16(12)11-25-15(4)18(14(3)24-25)22-21(28)23-19-17(20(26)27-5)10-13(2)29-19/h6-10H,11H2,1-5H3,(H2,22,23,28). The van der Waals surface area contributed by atoms with Crippen molar-refractivity contribution in [1.82, 2.24) is 9.78 Å². The molecule has 2 N–H and O–H groups in total. The zero-order valence-corrected chi connectivity index (χ0v) is 18.8. The van der Waals surface area contributed by atoms with E-state index < -0.39 is 5.97 Å². The maximum atomic E-state index is 12.0. The van der Waals surface area contributed by atoms with Gasteiger partial charge in [0.2, 0.25) is 0 Å². The van der Waals surface area contributed by atoms with Crippen LogP contribution in [0.2, 0.25) is 0 Å². The summed E-state index contributed by atoms with van der Waals surface area (Å²) in [7, 11) is 1.37. The van der Waals surface area contributed by atoms with Crippen LogP contribution in [0.4, 0.5) is 10.7 Å². The van der Waals surface area contributed by atoms with Crippen LogP contribution in [0.1, 0.15) is 37.7 Å². The quantitative estimate of drug-likeness (QED) is 0.448. The first-order chi connectivity index (χ1) is 13.8. The zero-order chi connectivity index (χ0) is 21.1. The van der Waals surface area contributed by atoms with Gasteiger partial charge in [0.25, 0.3) is 0 Å². The van der Waals surface area contributed by atoms with Gasteiger partial charge >= 0.3 is 5.97 Å². The van der Waals surface area contributed by atoms with Gasteiger partial charge < -0.3 is 15.4 Å². The van der Waals surface area contributed by atoms with Crippen molar-refractivity contribution in [3.63, 3.8) is 0 Å². The second kappa shape index (κ2) is 8.75. The van der Waals surface area contributed by atoms with Crippen LogP contribution >= 0.6 is 23.6 Å². The number of thiocarbonyl (C=S) groups is 1. The zero-order valence-electron chi connectivity index (χ0n) is 17.1. The fourth-order valence-electron chi connectivity index (χ4n) is 3.10. The summed E-state index contributed by atoms with van der Waals surface area (Å²) < 4.78 is 6.82. The van der Waals surface area contributed by atoms with Gasteiger partial charge in [0, 0.05) is 4.88 Å². The van der Waals surface area contributed by atoms with E-state index in [1.807, 2.05) is 37.6 Å². The second-order valence-electron chi connectivity index (χ2n) is 6.80. The minimum atomic E-state index is -0.391. The molecule has 0 bridgehead atoms. The maximum absolute atomic E-state index is 12.0. The summed E-state index contributed by atoms with van der Waals surface area (Å²) in [4.78, 5) is 13.0. The summed E-state index contributed by atoms with van der Waals surface area (Å²) in [6, 6.07) is 10.1. The Bertz CT molecular complexity index is 1070. The van der Waals surface area contributed by atoms with Crippen LogP contribution in [0.5, 0.6) is 0 Å². The molecule has 0 saturated carbocycles. The number of nitrogens with zero attached hydrogens (tertiary/aromatic N) is 2. The largest absolute Gasteiger partial charge is 0.465 e. The van der Waals surface area contributed by atoms with Gasteiger partial charge in [0.15, 0.2) is 5.11 Å². The Morgan fingerprint density at radius 1 is 1.21 bits per heavy atom. The summed E-state index contributed by atoms with van der Waals surface area (Å²) in [5.41, 5.74) is 5.64. The van der Waals surface area contributed by atoms with Crippen LogP contribution < -0.4 is 10.6 Å². The third kappa shape index (κ3) is 4.65. The van der Waals surface area contributed by atoms with Gasteiger partial charge in [-0.1, -0.05) is 24.3 Å². The molecule has 0 unspecified atom stereocenters. The first-order valence-electron chi connectivity index (χ1n) is 9.15. The number of rotatable bonds is 5. The number of benzene rings is 1. The molecule has 2 heterocycles. The molecule has 0 radical (unpaired) electrons.